The fourth-order valence-electron chi connectivity index (χ4n) is 2.83. The van der Waals surface area contributed by atoms with Crippen LogP contribution >= 0.6 is 0 Å². The lowest BCUT2D eigenvalue weighted by Crippen LogP contribution is -2.29. The molecule has 10 nitrogen and oxygen atoms in total. The normalized spacial score (nSPS) is 10.9. The molecule has 0 unspecified atom stereocenters. The lowest BCUT2D eigenvalue weighted by Gasteiger charge is -2.16. The number of fused-ring (bicyclic) bond motifs is 1. The number of carbonyl (C=O) groups is 1. The predicted molar refractivity (Wildman–Crippen MR) is 102 cm³/mol. The number of aliphatic hydroxyl groups is 1. The first kappa shape index (κ1) is 19.4. The van der Waals surface area contributed by atoms with Crippen LogP contribution in [0.15, 0.2) is 33.9 Å². The summed E-state index contributed by atoms with van der Waals surface area (Å²) in [6, 6.07) is 7.01. The van der Waals surface area contributed by atoms with E-state index in [1.807, 2.05) is 6.92 Å². The molecular formula is C18H21N5O5. The first-order valence-electron chi connectivity index (χ1n) is 8.83. The number of carbonyl (C=O) groups excluding carboxylic acids is 1. The number of H-pyrrole nitrogens is 2. The second-order valence-electron chi connectivity index (χ2n) is 6.13. The Morgan fingerprint density at radius 2 is 2.00 bits per heavy atom. The van der Waals surface area contributed by atoms with Crippen LogP contribution in [-0.2, 0) is 11.3 Å². The Hall–Kier alpha value is -3.40. The second kappa shape index (κ2) is 8.53. The molecule has 0 saturated heterocycles. The van der Waals surface area contributed by atoms with Gasteiger partial charge in [0, 0.05) is 18.7 Å². The van der Waals surface area contributed by atoms with Crippen molar-refractivity contribution in [3.63, 3.8) is 0 Å². The molecule has 28 heavy (non-hydrogen) atoms. The third-order valence-electron chi connectivity index (χ3n) is 4.13. The summed E-state index contributed by atoms with van der Waals surface area (Å²) in [4.78, 5) is 45.1. The molecule has 3 rings (SSSR count). The number of hydrogen-bond donors (Lipinski definition) is 3. The summed E-state index contributed by atoms with van der Waals surface area (Å²) in [7, 11) is 0. The van der Waals surface area contributed by atoms with Gasteiger partial charge in [-0.3, -0.25) is 19.6 Å². The number of aromatic amines is 2. The van der Waals surface area contributed by atoms with Crippen LogP contribution in [0.5, 0.6) is 5.75 Å². The van der Waals surface area contributed by atoms with Gasteiger partial charge in [0.15, 0.2) is 12.2 Å². The van der Waals surface area contributed by atoms with Crippen LogP contribution < -0.4 is 16.0 Å². The number of nitrogens with zero attached hydrogens (tertiary/aromatic N) is 3. The standard InChI is InChI=1S/C18H21N5O5/c1-2-7-23-15(19-14-16(23)20-18(27)21-17(14)26)12-3-5-13(6-4-12)28-11-22(10-25)8-9-24/h3-6,10,24H,2,7-9,11H2,1H3,(H2,20,21,26,27). The van der Waals surface area contributed by atoms with Crippen LogP contribution in [0.3, 0.4) is 0 Å². The Balaban J connectivity index is 1.91. The number of aryl methyl sites for hydroxylation is 1. The Labute approximate surface area is 159 Å². The third-order valence-corrected chi connectivity index (χ3v) is 4.13. The molecule has 10 heteroatoms. The molecule has 1 amide bonds. The summed E-state index contributed by atoms with van der Waals surface area (Å²) in [6.45, 7) is 2.64. The fourth-order valence-corrected chi connectivity index (χ4v) is 2.83. The van der Waals surface area contributed by atoms with E-state index < -0.39 is 11.2 Å². The summed E-state index contributed by atoms with van der Waals surface area (Å²) in [5.41, 5.74) is 0.200. The van der Waals surface area contributed by atoms with Crippen LogP contribution in [0.2, 0.25) is 0 Å². The molecule has 1 aromatic carbocycles. The van der Waals surface area contributed by atoms with Gasteiger partial charge in [-0.1, -0.05) is 6.92 Å². The molecule has 0 aliphatic carbocycles. The maximum absolute atomic E-state index is 12.1. The highest BCUT2D eigenvalue weighted by molar-refractivity contribution is 5.76. The third kappa shape index (κ3) is 3.96. The zero-order valence-electron chi connectivity index (χ0n) is 15.3. The smallest absolute Gasteiger partial charge is 0.327 e. The fraction of sp³-hybridized carbons (Fsp3) is 0.333. The van der Waals surface area contributed by atoms with Crippen molar-refractivity contribution < 1.29 is 14.6 Å². The zero-order valence-corrected chi connectivity index (χ0v) is 15.3. The van der Waals surface area contributed by atoms with Gasteiger partial charge in [0.1, 0.15) is 17.2 Å². The number of hydrogen-bond acceptors (Lipinski definition) is 6. The van der Waals surface area contributed by atoms with Gasteiger partial charge in [0.05, 0.1) is 6.61 Å². The highest BCUT2D eigenvalue weighted by Crippen LogP contribution is 2.24. The quantitative estimate of drug-likeness (QED) is 0.357. The van der Waals surface area contributed by atoms with Crippen LogP contribution in [0.1, 0.15) is 13.3 Å². The highest BCUT2D eigenvalue weighted by Gasteiger charge is 2.16. The van der Waals surface area contributed by atoms with E-state index in [2.05, 4.69) is 15.0 Å². The minimum atomic E-state index is -0.576. The zero-order chi connectivity index (χ0) is 20.1. The molecular weight excluding hydrogens is 366 g/mol. The number of aromatic nitrogens is 4. The van der Waals surface area contributed by atoms with Gasteiger partial charge in [-0.25, -0.2) is 9.78 Å². The van der Waals surface area contributed by atoms with Crippen molar-refractivity contribution in [2.24, 2.45) is 0 Å². The first-order chi connectivity index (χ1) is 13.6. The molecule has 0 aliphatic rings. The SMILES string of the molecule is CCCn1c(-c2ccc(OCN(C=O)CCO)cc2)nc2c(=O)[nH]c(=O)[nH]c21. The Kier molecular flexibility index (Phi) is 5.90. The summed E-state index contributed by atoms with van der Waals surface area (Å²) >= 11 is 0. The van der Waals surface area contributed by atoms with Gasteiger partial charge < -0.3 is 19.3 Å². The van der Waals surface area contributed by atoms with Crippen molar-refractivity contribution in [1.29, 1.82) is 0 Å². The van der Waals surface area contributed by atoms with Crippen molar-refractivity contribution >= 4 is 17.6 Å². The average molecular weight is 387 g/mol. The molecule has 148 valence electrons. The Morgan fingerprint density at radius 3 is 2.64 bits per heavy atom. The van der Waals surface area contributed by atoms with E-state index in [0.717, 1.165) is 12.0 Å². The largest absolute Gasteiger partial charge is 0.473 e. The van der Waals surface area contributed by atoms with Crippen LogP contribution in [0, 0.1) is 0 Å². The molecule has 2 heterocycles. The van der Waals surface area contributed by atoms with Crippen molar-refractivity contribution in [2.45, 2.75) is 19.9 Å². The van der Waals surface area contributed by atoms with E-state index in [4.69, 9.17) is 9.84 Å². The molecule has 0 bridgehead atoms. The van der Waals surface area contributed by atoms with Crippen LogP contribution in [0.25, 0.3) is 22.6 Å². The number of rotatable bonds is 9. The summed E-state index contributed by atoms with van der Waals surface area (Å²) in [5.74, 6) is 1.10. The number of nitrogens with one attached hydrogen (secondary N) is 2. The van der Waals surface area contributed by atoms with Crippen LogP contribution in [-0.4, -0.2) is 55.8 Å². The lowest BCUT2D eigenvalue weighted by molar-refractivity contribution is -0.121. The average Bonchev–Trinajstić information content (AvgIpc) is 3.05. The minimum absolute atomic E-state index is 0.0222. The molecule has 0 spiro atoms. The maximum Gasteiger partial charge on any atom is 0.327 e. The van der Waals surface area contributed by atoms with Gasteiger partial charge >= 0.3 is 5.69 Å². The second-order valence-corrected chi connectivity index (χ2v) is 6.13. The van der Waals surface area contributed by atoms with Gasteiger partial charge in [0.25, 0.3) is 5.56 Å². The number of aliphatic hydroxyl groups excluding tert-OH is 1. The number of amides is 1. The van der Waals surface area contributed by atoms with Crippen molar-refractivity contribution in [3.05, 3.63) is 45.1 Å². The van der Waals surface area contributed by atoms with E-state index in [1.54, 1.807) is 28.8 Å². The van der Waals surface area contributed by atoms with Crippen LogP contribution in [0.4, 0.5) is 0 Å². The van der Waals surface area contributed by atoms with E-state index in [0.29, 0.717) is 30.2 Å². The summed E-state index contributed by atoms with van der Waals surface area (Å²) < 4.78 is 7.33. The lowest BCUT2D eigenvalue weighted by atomic mass is 10.2. The molecule has 0 atom stereocenters. The van der Waals surface area contributed by atoms with E-state index in [9.17, 15) is 14.4 Å². The minimum Gasteiger partial charge on any atom is -0.473 e. The number of benzene rings is 1. The van der Waals surface area contributed by atoms with Gasteiger partial charge in [-0.2, -0.15) is 0 Å². The molecule has 0 fully saturated rings. The van der Waals surface area contributed by atoms with Gasteiger partial charge in [-0.05, 0) is 30.7 Å². The topological polar surface area (TPSA) is 133 Å². The van der Waals surface area contributed by atoms with E-state index >= 15 is 0 Å². The van der Waals surface area contributed by atoms with Gasteiger partial charge in [0.2, 0.25) is 6.41 Å². The van der Waals surface area contributed by atoms with Crippen molar-refractivity contribution in [2.75, 3.05) is 19.9 Å². The molecule has 0 radical (unpaired) electrons. The molecule has 3 N–H and O–H groups in total. The first-order valence-corrected chi connectivity index (χ1v) is 8.83. The maximum atomic E-state index is 12.1. The Morgan fingerprint density at radius 1 is 1.25 bits per heavy atom. The Bertz CT molecular complexity index is 1070. The summed E-state index contributed by atoms with van der Waals surface area (Å²) in [5, 5.41) is 8.88. The number of ether oxygens (including phenoxy) is 1. The predicted octanol–water partition coefficient (Wildman–Crippen LogP) is 0.277. The van der Waals surface area contributed by atoms with Gasteiger partial charge in [-0.15, -0.1) is 0 Å². The molecule has 0 saturated carbocycles. The van der Waals surface area contributed by atoms with Crippen molar-refractivity contribution in [3.8, 4) is 17.1 Å². The van der Waals surface area contributed by atoms with E-state index in [-0.39, 0.29) is 25.4 Å². The van der Waals surface area contributed by atoms with Crippen molar-refractivity contribution in [1.82, 2.24) is 24.4 Å². The molecule has 3 aromatic rings. The molecule has 2 aromatic heterocycles. The highest BCUT2D eigenvalue weighted by atomic mass is 16.5. The van der Waals surface area contributed by atoms with E-state index in [1.165, 1.54) is 4.90 Å². The summed E-state index contributed by atoms with van der Waals surface area (Å²) in [6.07, 6.45) is 1.40. The molecule has 0 aliphatic heterocycles. The number of imidazole rings is 1. The monoisotopic (exact) mass is 387 g/mol.